The maximum absolute atomic E-state index is 12.0. The lowest BCUT2D eigenvalue weighted by Gasteiger charge is -2.32. The lowest BCUT2D eigenvalue weighted by molar-refractivity contribution is -0.123. The van der Waals surface area contributed by atoms with Crippen molar-refractivity contribution in [3.8, 4) is 11.5 Å². The first-order valence-corrected chi connectivity index (χ1v) is 8.34. The number of hydrogen-bond donors (Lipinski definition) is 1. The normalized spacial score (nSPS) is 18.9. The van der Waals surface area contributed by atoms with Crippen LogP contribution < -0.4 is 14.8 Å². The highest BCUT2D eigenvalue weighted by Crippen LogP contribution is 2.37. The lowest BCUT2D eigenvalue weighted by atomic mass is 9.89. The fourth-order valence-corrected chi connectivity index (χ4v) is 3.25. The minimum absolute atomic E-state index is 0.110. The highest BCUT2D eigenvalue weighted by Gasteiger charge is 2.24. The van der Waals surface area contributed by atoms with Crippen LogP contribution in [0.4, 0.5) is 0 Å². The number of likely N-dealkylation sites (tertiary alicyclic amines) is 1. The maximum atomic E-state index is 12.0. The van der Waals surface area contributed by atoms with E-state index in [1.54, 1.807) is 0 Å². The minimum Gasteiger partial charge on any atom is -0.454 e. The number of carbonyl (C=O) groups is 1. The highest BCUT2D eigenvalue weighted by molar-refractivity contribution is 5.78. The molecule has 2 aliphatic rings. The highest BCUT2D eigenvalue weighted by atomic mass is 16.7. The standard InChI is InChI=1S/C18H26N2O3/c1-18(2,3)19-17(21)11-20-8-6-13(7-9-20)14-4-5-15-16(10-14)23-12-22-15/h4-5,10,13H,6-9,11-12H2,1-3H3,(H,19,21). The fourth-order valence-electron chi connectivity index (χ4n) is 3.25. The Morgan fingerprint density at radius 2 is 1.91 bits per heavy atom. The van der Waals surface area contributed by atoms with E-state index in [0.29, 0.717) is 19.3 Å². The third-order valence-corrected chi connectivity index (χ3v) is 4.34. The first-order chi connectivity index (χ1) is 10.9. The van der Waals surface area contributed by atoms with Gasteiger partial charge in [0.05, 0.1) is 6.54 Å². The molecule has 2 heterocycles. The molecule has 1 N–H and O–H groups in total. The SMILES string of the molecule is CC(C)(C)NC(=O)CN1CCC(c2ccc3c(c2)OCO3)CC1. The summed E-state index contributed by atoms with van der Waals surface area (Å²) < 4.78 is 10.8. The molecule has 1 saturated heterocycles. The van der Waals surface area contributed by atoms with E-state index in [1.165, 1.54) is 5.56 Å². The van der Waals surface area contributed by atoms with Crippen LogP contribution in [0.1, 0.15) is 45.1 Å². The monoisotopic (exact) mass is 318 g/mol. The van der Waals surface area contributed by atoms with Gasteiger partial charge in [-0.1, -0.05) is 6.07 Å². The van der Waals surface area contributed by atoms with Crippen LogP contribution in [-0.4, -0.2) is 42.8 Å². The smallest absolute Gasteiger partial charge is 0.234 e. The first-order valence-electron chi connectivity index (χ1n) is 8.34. The molecule has 3 rings (SSSR count). The number of benzene rings is 1. The molecule has 1 fully saturated rings. The fraction of sp³-hybridized carbons (Fsp3) is 0.611. The number of carbonyl (C=O) groups excluding carboxylic acids is 1. The molecule has 0 saturated carbocycles. The average molecular weight is 318 g/mol. The zero-order valence-electron chi connectivity index (χ0n) is 14.2. The molecule has 1 aromatic rings. The third-order valence-electron chi connectivity index (χ3n) is 4.34. The Morgan fingerprint density at radius 3 is 2.61 bits per heavy atom. The van der Waals surface area contributed by atoms with Crippen molar-refractivity contribution in [3.63, 3.8) is 0 Å². The second-order valence-electron chi connectivity index (χ2n) is 7.46. The summed E-state index contributed by atoms with van der Waals surface area (Å²) in [5, 5.41) is 3.03. The van der Waals surface area contributed by atoms with Gasteiger partial charge in [0, 0.05) is 5.54 Å². The van der Waals surface area contributed by atoms with E-state index in [9.17, 15) is 4.79 Å². The molecule has 126 valence electrons. The van der Waals surface area contributed by atoms with Crippen LogP contribution in [0.3, 0.4) is 0 Å². The number of piperidine rings is 1. The van der Waals surface area contributed by atoms with Gasteiger partial charge in [-0.05, 0) is 70.3 Å². The van der Waals surface area contributed by atoms with Gasteiger partial charge in [-0.25, -0.2) is 0 Å². The topological polar surface area (TPSA) is 50.8 Å². The van der Waals surface area contributed by atoms with Crippen LogP contribution in [0, 0.1) is 0 Å². The maximum Gasteiger partial charge on any atom is 0.234 e. The van der Waals surface area contributed by atoms with E-state index < -0.39 is 0 Å². The van der Waals surface area contributed by atoms with Gasteiger partial charge in [-0.2, -0.15) is 0 Å². The van der Waals surface area contributed by atoms with Crippen molar-refractivity contribution in [3.05, 3.63) is 23.8 Å². The molecule has 0 bridgehead atoms. The second kappa shape index (κ2) is 6.40. The van der Waals surface area contributed by atoms with Crippen LogP contribution in [0.25, 0.3) is 0 Å². The van der Waals surface area contributed by atoms with Gasteiger partial charge in [-0.3, -0.25) is 9.69 Å². The zero-order valence-corrected chi connectivity index (χ0v) is 14.2. The predicted octanol–water partition coefficient (Wildman–Crippen LogP) is 2.51. The predicted molar refractivity (Wildman–Crippen MR) is 88.9 cm³/mol. The average Bonchev–Trinajstić information content (AvgIpc) is 2.93. The minimum atomic E-state index is -0.165. The van der Waals surface area contributed by atoms with Gasteiger partial charge in [0.2, 0.25) is 12.7 Å². The summed E-state index contributed by atoms with van der Waals surface area (Å²) in [5.41, 5.74) is 1.15. The molecule has 0 radical (unpaired) electrons. The Kier molecular flexibility index (Phi) is 4.48. The van der Waals surface area contributed by atoms with Crippen LogP contribution >= 0.6 is 0 Å². The Hall–Kier alpha value is -1.75. The number of amides is 1. The summed E-state index contributed by atoms with van der Waals surface area (Å²) in [4.78, 5) is 14.3. The molecule has 0 atom stereocenters. The van der Waals surface area contributed by atoms with Crippen molar-refractivity contribution < 1.29 is 14.3 Å². The quantitative estimate of drug-likeness (QED) is 0.930. The van der Waals surface area contributed by atoms with Crippen molar-refractivity contribution in [2.75, 3.05) is 26.4 Å². The van der Waals surface area contributed by atoms with Gasteiger partial charge < -0.3 is 14.8 Å². The third kappa shape index (κ3) is 4.16. The van der Waals surface area contributed by atoms with Crippen LogP contribution in [-0.2, 0) is 4.79 Å². The molecule has 1 aromatic carbocycles. The lowest BCUT2D eigenvalue weighted by Crippen LogP contribution is -2.47. The summed E-state index contributed by atoms with van der Waals surface area (Å²) >= 11 is 0. The molecule has 5 nitrogen and oxygen atoms in total. The van der Waals surface area contributed by atoms with Gasteiger partial charge in [-0.15, -0.1) is 0 Å². The summed E-state index contributed by atoms with van der Waals surface area (Å²) in [7, 11) is 0. The van der Waals surface area contributed by atoms with Gasteiger partial charge in [0.25, 0.3) is 0 Å². The number of nitrogens with zero attached hydrogens (tertiary/aromatic N) is 1. The Labute approximate surface area is 137 Å². The Bertz CT molecular complexity index is 572. The number of fused-ring (bicyclic) bond motifs is 1. The number of ether oxygens (including phenoxy) is 2. The van der Waals surface area contributed by atoms with E-state index in [2.05, 4.69) is 22.3 Å². The van der Waals surface area contributed by atoms with Gasteiger partial charge in [0.1, 0.15) is 0 Å². The molecule has 1 amide bonds. The first kappa shape index (κ1) is 16.1. The van der Waals surface area contributed by atoms with Gasteiger partial charge in [0.15, 0.2) is 11.5 Å². The van der Waals surface area contributed by atoms with Crippen molar-refractivity contribution in [1.29, 1.82) is 0 Å². The zero-order chi connectivity index (χ0) is 16.4. The number of rotatable bonds is 3. The van der Waals surface area contributed by atoms with Gasteiger partial charge >= 0.3 is 0 Å². The molecule has 2 aliphatic heterocycles. The number of hydrogen-bond acceptors (Lipinski definition) is 4. The summed E-state index contributed by atoms with van der Waals surface area (Å²) in [6, 6.07) is 6.25. The molecule has 0 spiro atoms. The van der Waals surface area contributed by atoms with Crippen molar-refractivity contribution in [2.24, 2.45) is 0 Å². The molecule has 23 heavy (non-hydrogen) atoms. The largest absolute Gasteiger partial charge is 0.454 e. The molecule has 0 unspecified atom stereocenters. The van der Waals surface area contributed by atoms with Crippen LogP contribution in [0.2, 0.25) is 0 Å². The summed E-state index contributed by atoms with van der Waals surface area (Å²) in [5.74, 6) is 2.34. The van der Waals surface area contributed by atoms with E-state index >= 15 is 0 Å². The Balaban J connectivity index is 1.51. The molecule has 5 heteroatoms. The molecular formula is C18H26N2O3. The molecule has 0 aromatic heterocycles. The summed E-state index contributed by atoms with van der Waals surface area (Å²) in [6.07, 6.45) is 2.14. The van der Waals surface area contributed by atoms with Crippen LogP contribution in [0.15, 0.2) is 18.2 Å². The number of nitrogens with one attached hydrogen (secondary N) is 1. The second-order valence-corrected chi connectivity index (χ2v) is 7.46. The van der Waals surface area contributed by atoms with E-state index in [1.807, 2.05) is 26.8 Å². The van der Waals surface area contributed by atoms with Crippen molar-refractivity contribution in [1.82, 2.24) is 10.2 Å². The van der Waals surface area contributed by atoms with E-state index in [0.717, 1.165) is 37.4 Å². The van der Waals surface area contributed by atoms with Crippen molar-refractivity contribution in [2.45, 2.75) is 45.1 Å². The van der Waals surface area contributed by atoms with E-state index in [-0.39, 0.29) is 11.4 Å². The molecular weight excluding hydrogens is 292 g/mol. The molecule has 0 aliphatic carbocycles. The van der Waals surface area contributed by atoms with Crippen LogP contribution in [0.5, 0.6) is 11.5 Å². The Morgan fingerprint density at radius 1 is 1.22 bits per heavy atom. The van der Waals surface area contributed by atoms with Crippen molar-refractivity contribution >= 4 is 5.91 Å². The van der Waals surface area contributed by atoms with E-state index in [4.69, 9.17) is 9.47 Å². The summed E-state index contributed by atoms with van der Waals surface area (Å²) in [6.45, 7) is 8.75.